The van der Waals surface area contributed by atoms with Crippen molar-refractivity contribution in [3.05, 3.63) is 64.9 Å². The van der Waals surface area contributed by atoms with Crippen LogP contribution in [0, 0.1) is 12.8 Å². The van der Waals surface area contributed by atoms with Gasteiger partial charge in [-0.15, -0.1) is 11.3 Å². The summed E-state index contributed by atoms with van der Waals surface area (Å²) < 4.78 is 5.58. The summed E-state index contributed by atoms with van der Waals surface area (Å²) in [4.78, 5) is 30.6. The highest BCUT2D eigenvalue weighted by atomic mass is 32.1. The molecule has 2 unspecified atom stereocenters. The number of benzene rings is 1. The van der Waals surface area contributed by atoms with Gasteiger partial charge < -0.3 is 14.4 Å². The van der Waals surface area contributed by atoms with Crippen LogP contribution in [0.1, 0.15) is 22.9 Å². The summed E-state index contributed by atoms with van der Waals surface area (Å²) in [5.74, 6) is -0.252. The highest BCUT2D eigenvalue weighted by Crippen LogP contribution is 2.33. The van der Waals surface area contributed by atoms with Crippen molar-refractivity contribution in [2.45, 2.75) is 19.3 Å². The molecule has 1 aliphatic heterocycles. The first-order chi connectivity index (χ1) is 13.5. The average molecular weight is 396 g/mol. The van der Waals surface area contributed by atoms with E-state index in [0.29, 0.717) is 18.0 Å². The number of carbonyl (C=O) groups is 2. The van der Waals surface area contributed by atoms with Crippen molar-refractivity contribution in [3.63, 3.8) is 0 Å². The normalized spacial score (nSPS) is 19.1. The largest absolute Gasteiger partial charge is 0.481 e. The Bertz CT molecular complexity index is 995. The molecular weight excluding hydrogens is 376 g/mol. The molecule has 144 valence electrons. The number of rotatable bonds is 5. The maximum absolute atomic E-state index is 12.8. The maximum atomic E-state index is 12.8. The Kier molecular flexibility index (Phi) is 5.00. The zero-order valence-electron chi connectivity index (χ0n) is 15.4. The smallest absolute Gasteiger partial charge is 0.308 e. The Balaban J connectivity index is 1.46. The van der Waals surface area contributed by atoms with Crippen LogP contribution in [-0.4, -0.2) is 40.0 Å². The molecule has 6 nitrogen and oxygen atoms in total. The summed E-state index contributed by atoms with van der Waals surface area (Å²) in [5, 5.41) is 12.2. The standard InChI is InChI=1S/C21H20N2O4S/c1-13-7-8-18(27-13)20-22-15(12-28-20)9-19(24)23-10-16(17(11-23)21(25)26)14-5-3-2-4-6-14/h2-8,12,16-17H,9-11H2,1H3,(H,25,26). The summed E-state index contributed by atoms with van der Waals surface area (Å²) in [7, 11) is 0. The number of aliphatic carboxylic acids is 1. The third kappa shape index (κ3) is 3.71. The lowest BCUT2D eigenvalue weighted by Gasteiger charge is -2.16. The first kappa shape index (κ1) is 18.4. The molecule has 3 heterocycles. The lowest BCUT2D eigenvalue weighted by atomic mass is 9.89. The first-order valence-electron chi connectivity index (χ1n) is 9.08. The molecule has 0 radical (unpaired) electrons. The molecule has 1 amide bonds. The second-order valence-electron chi connectivity index (χ2n) is 6.99. The van der Waals surface area contributed by atoms with E-state index in [1.807, 2.05) is 54.8 Å². The summed E-state index contributed by atoms with van der Waals surface area (Å²) in [5.41, 5.74) is 1.63. The van der Waals surface area contributed by atoms with E-state index < -0.39 is 11.9 Å². The van der Waals surface area contributed by atoms with Crippen molar-refractivity contribution in [1.29, 1.82) is 0 Å². The van der Waals surface area contributed by atoms with Gasteiger partial charge in [-0.25, -0.2) is 4.98 Å². The van der Waals surface area contributed by atoms with Crippen molar-refractivity contribution >= 4 is 23.2 Å². The molecule has 1 saturated heterocycles. The van der Waals surface area contributed by atoms with Crippen LogP contribution in [0.25, 0.3) is 10.8 Å². The zero-order chi connectivity index (χ0) is 19.7. The second-order valence-corrected chi connectivity index (χ2v) is 7.85. The SMILES string of the molecule is Cc1ccc(-c2nc(CC(=O)N3CC(C(=O)O)C(c4ccccc4)C3)cs2)o1. The highest BCUT2D eigenvalue weighted by molar-refractivity contribution is 7.13. The minimum Gasteiger partial charge on any atom is -0.481 e. The lowest BCUT2D eigenvalue weighted by molar-refractivity contribution is -0.141. The predicted octanol–water partition coefficient (Wildman–Crippen LogP) is 3.58. The fraction of sp³-hybridized carbons (Fsp3) is 0.286. The molecule has 0 aliphatic carbocycles. The number of aryl methyl sites for hydroxylation is 1. The summed E-state index contributed by atoms with van der Waals surface area (Å²) in [6.07, 6.45) is 0.157. The molecule has 1 fully saturated rings. The van der Waals surface area contributed by atoms with Crippen LogP contribution in [0.3, 0.4) is 0 Å². The average Bonchev–Trinajstić information content (AvgIpc) is 3.41. The van der Waals surface area contributed by atoms with Crippen LogP contribution >= 0.6 is 11.3 Å². The number of carboxylic acids is 1. The van der Waals surface area contributed by atoms with E-state index in [-0.39, 0.29) is 24.8 Å². The Labute approximate surface area is 166 Å². The van der Waals surface area contributed by atoms with E-state index >= 15 is 0 Å². The number of carboxylic acid groups (broad SMARTS) is 1. The van der Waals surface area contributed by atoms with Gasteiger partial charge in [-0.2, -0.15) is 0 Å². The highest BCUT2D eigenvalue weighted by Gasteiger charge is 2.40. The summed E-state index contributed by atoms with van der Waals surface area (Å²) in [6.45, 7) is 2.51. The molecule has 3 aromatic rings. The molecule has 0 spiro atoms. The summed E-state index contributed by atoms with van der Waals surface area (Å²) in [6, 6.07) is 13.3. The van der Waals surface area contributed by atoms with Gasteiger partial charge in [-0.1, -0.05) is 30.3 Å². The second kappa shape index (κ2) is 7.59. The third-order valence-electron chi connectivity index (χ3n) is 5.05. The molecule has 0 bridgehead atoms. The van der Waals surface area contributed by atoms with E-state index in [2.05, 4.69) is 4.98 Å². The van der Waals surface area contributed by atoms with Gasteiger partial charge in [0.2, 0.25) is 5.91 Å². The van der Waals surface area contributed by atoms with Gasteiger partial charge in [0.15, 0.2) is 10.8 Å². The lowest BCUT2D eigenvalue weighted by Crippen LogP contribution is -2.31. The Hall–Kier alpha value is -2.93. The van der Waals surface area contributed by atoms with Crippen molar-refractivity contribution < 1.29 is 19.1 Å². The molecule has 1 N–H and O–H groups in total. The maximum Gasteiger partial charge on any atom is 0.308 e. The van der Waals surface area contributed by atoms with E-state index in [0.717, 1.165) is 16.3 Å². The van der Waals surface area contributed by atoms with Gasteiger partial charge in [-0.3, -0.25) is 9.59 Å². The Morgan fingerprint density at radius 3 is 2.68 bits per heavy atom. The fourth-order valence-corrected chi connectivity index (χ4v) is 4.39. The summed E-state index contributed by atoms with van der Waals surface area (Å²) >= 11 is 1.43. The van der Waals surface area contributed by atoms with Gasteiger partial charge in [0, 0.05) is 24.4 Å². The molecule has 7 heteroatoms. The molecule has 1 aliphatic rings. The predicted molar refractivity (Wildman–Crippen MR) is 105 cm³/mol. The van der Waals surface area contributed by atoms with E-state index in [4.69, 9.17) is 4.42 Å². The number of hydrogen-bond acceptors (Lipinski definition) is 5. The zero-order valence-corrected chi connectivity index (χ0v) is 16.2. The van der Waals surface area contributed by atoms with Crippen LogP contribution in [0.15, 0.2) is 52.3 Å². The molecule has 2 atom stereocenters. The van der Waals surface area contributed by atoms with Crippen LogP contribution < -0.4 is 0 Å². The number of aromatic nitrogens is 1. The van der Waals surface area contributed by atoms with Gasteiger partial charge in [0.1, 0.15) is 5.76 Å². The monoisotopic (exact) mass is 396 g/mol. The quantitative estimate of drug-likeness (QED) is 0.713. The fourth-order valence-electron chi connectivity index (χ4n) is 3.61. The van der Waals surface area contributed by atoms with E-state index in [1.165, 1.54) is 11.3 Å². The molecule has 1 aromatic carbocycles. The Morgan fingerprint density at radius 1 is 1.21 bits per heavy atom. The number of carbonyl (C=O) groups excluding carboxylic acids is 1. The topological polar surface area (TPSA) is 83.6 Å². The number of likely N-dealkylation sites (tertiary alicyclic amines) is 1. The number of hydrogen-bond donors (Lipinski definition) is 1. The van der Waals surface area contributed by atoms with Gasteiger partial charge in [0.05, 0.1) is 18.0 Å². The van der Waals surface area contributed by atoms with Crippen LogP contribution in [0.4, 0.5) is 0 Å². The van der Waals surface area contributed by atoms with Crippen LogP contribution in [0.5, 0.6) is 0 Å². The van der Waals surface area contributed by atoms with Gasteiger partial charge in [-0.05, 0) is 24.6 Å². The molecule has 2 aromatic heterocycles. The van der Waals surface area contributed by atoms with Crippen molar-refractivity contribution in [2.24, 2.45) is 5.92 Å². The van der Waals surface area contributed by atoms with Crippen LogP contribution in [0.2, 0.25) is 0 Å². The van der Waals surface area contributed by atoms with Crippen LogP contribution in [-0.2, 0) is 16.0 Å². The Morgan fingerprint density at radius 2 is 2.00 bits per heavy atom. The molecular formula is C21H20N2O4S. The number of furan rings is 1. The van der Waals surface area contributed by atoms with Crippen molar-refractivity contribution in [1.82, 2.24) is 9.88 Å². The third-order valence-corrected chi connectivity index (χ3v) is 5.96. The van der Waals surface area contributed by atoms with Crippen molar-refractivity contribution in [2.75, 3.05) is 13.1 Å². The van der Waals surface area contributed by atoms with Crippen molar-refractivity contribution in [3.8, 4) is 10.8 Å². The first-order valence-corrected chi connectivity index (χ1v) is 9.96. The minimum absolute atomic E-state index is 0.0999. The van der Waals surface area contributed by atoms with E-state index in [9.17, 15) is 14.7 Å². The molecule has 28 heavy (non-hydrogen) atoms. The van der Waals surface area contributed by atoms with Gasteiger partial charge in [0.25, 0.3) is 0 Å². The number of amides is 1. The minimum atomic E-state index is -0.867. The number of nitrogens with zero attached hydrogens (tertiary/aromatic N) is 2. The van der Waals surface area contributed by atoms with E-state index in [1.54, 1.807) is 4.90 Å². The van der Waals surface area contributed by atoms with Gasteiger partial charge >= 0.3 is 5.97 Å². The molecule has 4 rings (SSSR count). The molecule has 0 saturated carbocycles. The number of thiazole rings is 1.